The molecule has 0 amide bonds. The van der Waals surface area contributed by atoms with E-state index in [-0.39, 0.29) is 0 Å². The fourth-order valence-electron chi connectivity index (χ4n) is 1.70. The highest BCUT2D eigenvalue weighted by Crippen LogP contribution is 2.23. The minimum atomic E-state index is 0.930. The largest absolute Gasteiger partial charge is 0.355 e. The summed E-state index contributed by atoms with van der Waals surface area (Å²) < 4.78 is 0. The average molecular weight is 222 g/mol. The summed E-state index contributed by atoms with van der Waals surface area (Å²) in [7, 11) is 0. The first kappa shape index (κ1) is 9.72. The molecule has 2 heterocycles. The maximum absolute atomic E-state index is 4.22. The summed E-state index contributed by atoms with van der Waals surface area (Å²) in [6, 6.07) is 9.78. The molecule has 0 saturated carbocycles. The quantitative estimate of drug-likeness (QED) is 0.724. The van der Waals surface area contributed by atoms with Crippen LogP contribution in [0.5, 0.6) is 0 Å². The van der Waals surface area contributed by atoms with Crippen LogP contribution in [-0.4, -0.2) is 15.0 Å². The Balaban J connectivity index is 2.06. The minimum absolute atomic E-state index is 0.930. The van der Waals surface area contributed by atoms with E-state index in [1.54, 1.807) is 18.7 Å². The first-order chi connectivity index (χ1) is 8.43. The van der Waals surface area contributed by atoms with E-state index in [2.05, 4.69) is 20.3 Å². The van der Waals surface area contributed by atoms with Gasteiger partial charge in [-0.05, 0) is 24.3 Å². The van der Waals surface area contributed by atoms with Crippen molar-refractivity contribution in [2.75, 3.05) is 5.32 Å². The Morgan fingerprint density at radius 2 is 1.82 bits per heavy atom. The van der Waals surface area contributed by atoms with E-state index in [0.717, 1.165) is 22.3 Å². The van der Waals surface area contributed by atoms with Crippen molar-refractivity contribution in [3.63, 3.8) is 0 Å². The van der Waals surface area contributed by atoms with Gasteiger partial charge in [0.25, 0.3) is 0 Å². The van der Waals surface area contributed by atoms with Gasteiger partial charge >= 0.3 is 0 Å². The number of nitrogens with zero attached hydrogens (tertiary/aromatic N) is 3. The first-order valence-electron chi connectivity index (χ1n) is 5.29. The molecule has 0 saturated heterocycles. The molecule has 1 N–H and O–H groups in total. The summed E-state index contributed by atoms with van der Waals surface area (Å²) >= 11 is 0. The third-order valence-electron chi connectivity index (χ3n) is 2.51. The molecule has 82 valence electrons. The van der Waals surface area contributed by atoms with Crippen molar-refractivity contribution in [2.45, 2.75) is 0 Å². The number of hydrogen-bond donors (Lipinski definition) is 1. The summed E-state index contributed by atoms with van der Waals surface area (Å²) in [5.41, 5.74) is 2.92. The van der Waals surface area contributed by atoms with Gasteiger partial charge in [-0.3, -0.25) is 4.98 Å². The van der Waals surface area contributed by atoms with E-state index in [1.165, 1.54) is 0 Å². The predicted octanol–water partition coefficient (Wildman–Crippen LogP) is 2.77. The first-order valence-corrected chi connectivity index (χ1v) is 5.29. The van der Waals surface area contributed by atoms with E-state index < -0.39 is 0 Å². The van der Waals surface area contributed by atoms with Crippen LogP contribution in [0.4, 0.5) is 11.4 Å². The molecule has 0 bridgehead atoms. The van der Waals surface area contributed by atoms with Gasteiger partial charge in [0.1, 0.15) is 6.33 Å². The Bertz CT molecular complexity index is 632. The van der Waals surface area contributed by atoms with Crippen molar-refractivity contribution in [2.24, 2.45) is 0 Å². The Hall–Kier alpha value is -2.49. The van der Waals surface area contributed by atoms with Crippen LogP contribution in [-0.2, 0) is 0 Å². The summed E-state index contributed by atoms with van der Waals surface area (Å²) in [5.74, 6) is 0. The van der Waals surface area contributed by atoms with Crippen LogP contribution in [0.15, 0.2) is 55.2 Å². The number of benzene rings is 1. The highest BCUT2D eigenvalue weighted by Gasteiger charge is 2.01. The van der Waals surface area contributed by atoms with Crippen LogP contribution in [0.2, 0.25) is 0 Å². The number of hydrogen-bond acceptors (Lipinski definition) is 4. The normalized spacial score (nSPS) is 10.4. The lowest BCUT2D eigenvalue weighted by Crippen LogP contribution is -1.92. The Kier molecular flexibility index (Phi) is 2.38. The van der Waals surface area contributed by atoms with E-state index in [0.29, 0.717) is 0 Å². The van der Waals surface area contributed by atoms with Crippen LogP contribution in [0.3, 0.4) is 0 Å². The minimum Gasteiger partial charge on any atom is -0.355 e. The van der Waals surface area contributed by atoms with Gasteiger partial charge in [0, 0.05) is 35.4 Å². The van der Waals surface area contributed by atoms with Crippen LogP contribution < -0.4 is 5.32 Å². The molecule has 3 rings (SSSR count). The van der Waals surface area contributed by atoms with Crippen LogP contribution in [0.25, 0.3) is 10.9 Å². The van der Waals surface area contributed by atoms with Gasteiger partial charge in [0.05, 0.1) is 5.52 Å². The smallest absolute Gasteiger partial charge is 0.116 e. The molecule has 0 fully saturated rings. The molecular formula is C13H10N4. The zero-order valence-electron chi connectivity index (χ0n) is 9.04. The van der Waals surface area contributed by atoms with Gasteiger partial charge in [-0.1, -0.05) is 6.07 Å². The maximum Gasteiger partial charge on any atom is 0.116 e. The van der Waals surface area contributed by atoms with Gasteiger partial charge in [-0.2, -0.15) is 0 Å². The molecule has 0 spiro atoms. The van der Waals surface area contributed by atoms with Crippen molar-refractivity contribution in [1.82, 2.24) is 15.0 Å². The van der Waals surface area contributed by atoms with E-state index in [4.69, 9.17) is 0 Å². The van der Waals surface area contributed by atoms with Crippen molar-refractivity contribution in [3.05, 3.63) is 55.2 Å². The summed E-state index contributed by atoms with van der Waals surface area (Å²) in [6.07, 6.45) is 6.87. The number of fused-ring (bicyclic) bond motifs is 1. The van der Waals surface area contributed by atoms with Crippen LogP contribution >= 0.6 is 0 Å². The number of anilines is 2. The molecule has 0 unspecified atom stereocenters. The molecule has 0 radical (unpaired) electrons. The molecule has 0 aliphatic rings. The van der Waals surface area contributed by atoms with Crippen molar-refractivity contribution >= 4 is 22.3 Å². The second kappa shape index (κ2) is 4.17. The standard InChI is InChI=1S/C13H10N4/c1-2-12-11(8-15-9-16-12)13(3-1)17-10-4-6-14-7-5-10/h1-9H,(H,14,17). The van der Waals surface area contributed by atoms with E-state index in [9.17, 15) is 0 Å². The molecule has 0 aliphatic carbocycles. The highest BCUT2D eigenvalue weighted by atomic mass is 14.9. The Morgan fingerprint density at radius 3 is 2.71 bits per heavy atom. The topological polar surface area (TPSA) is 50.7 Å². The SMILES string of the molecule is c1cc(Nc2ccncc2)c2cncnc2c1. The summed E-state index contributed by atoms with van der Waals surface area (Å²) in [5, 5.41) is 4.33. The average Bonchev–Trinajstić information content (AvgIpc) is 2.40. The zero-order chi connectivity index (χ0) is 11.5. The third-order valence-corrected chi connectivity index (χ3v) is 2.51. The molecule has 17 heavy (non-hydrogen) atoms. The lowest BCUT2D eigenvalue weighted by atomic mass is 10.2. The second-order valence-corrected chi connectivity index (χ2v) is 3.62. The molecule has 4 heteroatoms. The van der Waals surface area contributed by atoms with Crippen molar-refractivity contribution < 1.29 is 0 Å². The Morgan fingerprint density at radius 1 is 0.941 bits per heavy atom. The van der Waals surface area contributed by atoms with Gasteiger partial charge in [0.15, 0.2) is 0 Å². The van der Waals surface area contributed by atoms with Gasteiger partial charge in [-0.25, -0.2) is 9.97 Å². The van der Waals surface area contributed by atoms with Gasteiger partial charge < -0.3 is 5.32 Å². The Labute approximate surface area is 98.4 Å². The maximum atomic E-state index is 4.22. The lowest BCUT2D eigenvalue weighted by Gasteiger charge is -2.08. The number of rotatable bonds is 2. The second-order valence-electron chi connectivity index (χ2n) is 3.62. The van der Waals surface area contributed by atoms with E-state index >= 15 is 0 Å². The molecule has 2 aromatic heterocycles. The van der Waals surface area contributed by atoms with Crippen LogP contribution in [0.1, 0.15) is 0 Å². The highest BCUT2D eigenvalue weighted by molar-refractivity contribution is 5.92. The fraction of sp³-hybridized carbons (Fsp3) is 0. The molecule has 1 aromatic carbocycles. The molecule has 0 aliphatic heterocycles. The van der Waals surface area contributed by atoms with Crippen molar-refractivity contribution in [3.8, 4) is 0 Å². The van der Waals surface area contributed by atoms with Gasteiger partial charge in [-0.15, -0.1) is 0 Å². The number of pyridine rings is 1. The monoisotopic (exact) mass is 222 g/mol. The van der Waals surface area contributed by atoms with E-state index in [1.807, 2.05) is 36.5 Å². The molecule has 4 nitrogen and oxygen atoms in total. The number of aromatic nitrogens is 3. The predicted molar refractivity (Wildman–Crippen MR) is 67.1 cm³/mol. The molecular weight excluding hydrogens is 212 g/mol. The summed E-state index contributed by atoms with van der Waals surface area (Å²) in [6.45, 7) is 0. The summed E-state index contributed by atoms with van der Waals surface area (Å²) in [4.78, 5) is 12.3. The number of nitrogens with one attached hydrogen (secondary N) is 1. The molecule has 3 aromatic rings. The van der Waals surface area contributed by atoms with Crippen molar-refractivity contribution in [1.29, 1.82) is 0 Å². The lowest BCUT2D eigenvalue weighted by molar-refractivity contribution is 1.22. The van der Waals surface area contributed by atoms with Crippen LogP contribution in [0, 0.1) is 0 Å². The fourth-order valence-corrected chi connectivity index (χ4v) is 1.70. The molecule has 0 atom stereocenters. The third kappa shape index (κ3) is 1.92. The zero-order valence-corrected chi connectivity index (χ0v) is 9.04. The van der Waals surface area contributed by atoms with Gasteiger partial charge in [0.2, 0.25) is 0 Å².